The van der Waals surface area contributed by atoms with Crippen LogP contribution in [0.15, 0.2) is 103 Å². The highest BCUT2D eigenvalue weighted by Gasteiger charge is 2.09. The van der Waals surface area contributed by atoms with Crippen molar-refractivity contribution < 1.29 is 14.3 Å². The first-order valence-electron chi connectivity index (χ1n) is 11.3. The SMILES string of the molecule is COc1ccc(/C=C/C(=O)c2ccc(C)cc2)cc1COc1ccccc1Cc1ccccc1. The van der Waals surface area contributed by atoms with Gasteiger partial charge in [0.15, 0.2) is 5.78 Å². The van der Waals surface area contributed by atoms with Crippen molar-refractivity contribution in [3.8, 4) is 11.5 Å². The molecular weight excluding hydrogens is 420 g/mol. The molecule has 3 nitrogen and oxygen atoms in total. The van der Waals surface area contributed by atoms with Gasteiger partial charge >= 0.3 is 0 Å². The van der Waals surface area contributed by atoms with Gasteiger partial charge in [0.05, 0.1) is 7.11 Å². The molecular formula is C31H28O3. The number of ether oxygens (including phenoxy) is 2. The van der Waals surface area contributed by atoms with E-state index in [1.165, 1.54) is 5.56 Å². The summed E-state index contributed by atoms with van der Waals surface area (Å²) in [6.45, 7) is 2.37. The molecule has 4 aromatic rings. The van der Waals surface area contributed by atoms with Gasteiger partial charge in [0.25, 0.3) is 0 Å². The van der Waals surface area contributed by atoms with Gasteiger partial charge in [-0.3, -0.25) is 4.79 Å². The Balaban J connectivity index is 1.49. The summed E-state index contributed by atoms with van der Waals surface area (Å²) in [4.78, 5) is 12.5. The van der Waals surface area contributed by atoms with Crippen molar-refractivity contribution in [1.82, 2.24) is 0 Å². The van der Waals surface area contributed by atoms with Gasteiger partial charge in [0.2, 0.25) is 0 Å². The number of rotatable bonds is 9. The van der Waals surface area contributed by atoms with Gasteiger partial charge in [-0.15, -0.1) is 0 Å². The second-order valence-corrected chi connectivity index (χ2v) is 8.19. The quantitative estimate of drug-likeness (QED) is 0.203. The highest BCUT2D eigenvalue weighted by Crippen LogP contribution is 2.26. The van der Waals surface area contributed by atoms with Crippen molar-refractivity contribution in [1.29, 1.82) is 0 Å². The molecule has 0 saturated carbocycles. The maximum Gasteiger partial charge on any atom is 0.185 e. The molecule has 0 fully saturated rings. The summed E-state index contributed by atoms with van der Waals surface area (Å²) in [6.07, 6.45) is 4.23. The molecule has 0 bridgehead atoms. The van der Waals surface area contributed by atoms with Crippen LogP contribution in [0, 0.1) is 6.92 Å². The molecule has 0 unspecified atom stereocenters. The molecule has 4 rings (SSSR count). The van der Waals surface area contributed by atoms with Crippen LogP contribution in [0.25, 0.3) is 6.08 Å². The van der Waals surface area contributed by atoms with Crippen molar-refractivity contribution in [2.75, 3.05) is 7.11 Å². The van der Waals surface area contributed by atoms with E-state index < -0.39 is 0 Å². The lowest BCUT2D eigenvalue weighted by Crippen LogP contribution is -2.02. The predicted octanol–water partition coefficient (Wildman–Crippen LogP) is 7.07. The van der Waals surface area contributed by atoms with Gasteiger partial charge in [-0.25, -0.2) is 0 Å². The largest absolute Gasteiger partial charge is 0.496 e. The number of methoxy groups -OCH3 is 1. The van der Waals surface area contributed by atoms with E-state index in [-0.39, 0.29) is 5.78 Å². The summed E-state index contributed by atoms with van der Waals surface area (Å²) < 4.78 is 11.8. The maximum atomic E-state index is 12.5. The molecule has 0 radical (unpaired) electrons. The van der Waals surface area contributed by atoms with Crippen LogP contribution in [0.2, 0.25) is 0 Å². The molecule has 3 heteroatoms. The van der Waals surface area contributed by atoms with E-state index in [9.17, 15) is 4.79 Å². The fourth-order valence-electron chi connectivity index (χ4n) is 3.76. The Kier molecular flexibility index (Phi) is 7.56. The monoisotopic (exact) mass is 448 g/mol. The van der Waals surface area contributed by atoms with E-state index in [1.54, 1.807) is 13.2 Å². The minimum absolute atomic E-state index is 0.0246. The van der Waals surface area contributed by atoms with E-state index in [1.807, 2.05) is 91.9 Å². The molecule has 0 aliphatic heterocycles. The topological polar surface area (TPSA) is 35.5 Å². The molecule has 0 N–H and O–H groups in total. The van der Waals surface area contributed by atoms with Crippen LogP contribution >= 0.6 is 0 Å². The average molecular weight is 449 g/mol. The summed E-state index contributed by atoms with van der Waals surface area (Å²) in [6, 6.07) is 31.9. The summed E-state index contributed by atoms with van der Waals surface area (Å²) in [5.41, 5.74) is 6.01. The van der Waals surface area contributed by atoms with E-state index in [0.29, 0.717) is 12.2 Å². The van der Waals surface area contributed by atoms with Crippen LogP contribution in [0.4, 0.5) is 0 Å². The van der Waals surface area contributed by atoms with Crippen LogP contribution in [0.5, 0.6) is 11.5 Å². The summed E-state index contributed by atoms with van der Waals surface area (Å²) in [5.74, 6) is 1.58. The molecule has 0 saturated heterocycles. The van der Waals surface area contributed by atoms with Gasteiger partial charge in [0.1, 0.15) is 18.1 Å². The third-order valence-electron chi connectivity index (χ3n) is 5.66. The number of hydrogen-bond acceptors (Lipinski definition) is 3. The third-order valence-corrected chi connectivity index (χ3v) is 5.66. The first-order valence-corrected chi connectivity index (χ1v) is 11.3. The Bertz CT molecular complexity index is 1270. The maximum absolute atomic E-state index is 12.5. The minimum Gasteiger partial charge on any atom is -0.496 e. The van der Waals surface area contributed by atoms with Crippen LogP contribution in [-0.2, 0) is 13.0 Å². The highest BCUT2D eigenvalue weighted by atomic mass is 16.5. The van der Waals surface area contributed by atoms with Crippen LogP contribution in [-0.4, -0.2) is 12.9 Å². The standard InChI is InChI=1S/C31H28O3/c1-23-12-16-26(17-13-23)29(32)18-14-25-15-19-30(33-2)28(21-25)22-34-31-11-7-6-10-27(31)20-24-8-4-3-5-9-24/h3-19,21H,20,22H2,1-2H3/b18-14+. The Morgan fingerprint density at radius 2 is 1.53 bits per heavy atom. The number of aryl methyl sites for hydroxylation is 1. The number of ketones is 1. The predicted molar refractivity (Wildman–Crippen MR) is 138 cm³/mol. The number of carbonyl (C=O) groups excluding carboxylic acids is 1. The van der Waals surface area contributed by atoms with E-state index >= 15 is 0 Å². The van der Waals surface area contributed by atoms with Crippen molar-refractivity contribution in [3.63, 3.8) is 0 Å². The van der Waals surface area contributed by atoms with Crippen molar-refractivity contribution in [2.45, 2.75) is 20.0 Å². The Labute approximate surface area is 201 Å². The highest BCUT2D eigenvalue weighted by molar-refractivity contribution is 6.06. The van der Waals surface area contributed by atoms with Gasteiger partial charge in [-0.2, -0.15) is 0 Å². The number of carbonyl (C=O) groups is 1. The van der Waals surface area contributed by atoms with Crippen molar-refractivity contribution in [3.05, 3.63) is 137 Å². The lowest BCUT2D eigenvalue weighted by atomic mass is 10.0. The fourth-order valence-corrected chi connectivity index (χ4v) is 3.76. The zero-order chi connectivity index (χ0) is 23.8. The third kappa shape index (κ3) is 6.02. The minimum atomic E-state index is -0.0246. The molecule has 34 heavy (non-hydrogen) atoms. The smallest absolute Gasteiger partial charge is 0.185 e. The van der Waals surface area contributed by atoms with Crippen LogP contribution in [0.1, 0.15) is 38.2 Å². The van der Waals surface area contributed by atoms with E-state index in [4.69, 9.17) is 9.47 Å². The molecule has 0 atom stereocenters. The molecule has 0 aliphatic carbocycles. The number of benzene rings is 4. The molecule has 0 aliphatic rings. The van der Waals surface area contributed by atoms with Gasteiger partial charge in [0, 0.05) is 17.5 Å². The van der Waals surface area contributed by atoms with E-state index in [2.05, 4.69) is 18.2 Å². The second kappa shape index (κ2) is 11.2. The first kappa shape index (κ1) is 23.1. The summed E-state index contributed by atoms with van der Waals surface area (Å²) >= 11 is 0. The molecule has 0 heterocycles. The number of para-hydroxylation sites is 1. The lowest BCUT2D eigenvalue weighted by Gasteiger charge is -2.14. The summed E-state index contributed by atoms with van der Waals surface area (Å²) in [5, 5.41) is 0. The van der Waals surface area contributed by atoms with Crippen LogP contribution < -0.4 is 9.47 Å². The zero-order valence-corrected chi connectivity index (χ0v) is 19.5. The summed E-state index contributed by atoms with van der Waals surface area (Å²) in [7, 11) is 1.65. The van der Waals surface area contributed by atoms with Gasteiger partial charge in [-0.05, 0) is 47.9 Å². The number of hydrogen-bond donors (Lipinski definition) is 0. The lowest BCUT2D eigenvalue weighted by molar-refractivity contribution is 0.104. The first-order chi connectivity index (χ1) is 16.6. The van der Waals surface area contributed by atoms with Crippen LogP contribution in [0.3, 0.4) is 0 Å². The molecule has 0 spiro atoms. The van der Waals surface area contributed by atoms with Gasteiger partial charge in [-0.1, -0.05) is 90.5 Å². The van der Waals surface area contributed by atoms with Crippen molar-refractivity contribution in [2.24, 2.45) is 0 Å². The Morgan fingerprint density at radius 3 is 2.29 bits per heavy atom. The average Bonchev–Trinajstić information content (AvgIpc) is 2.88. The molecule has 4 aromatic carbocycles. The normalized spacial score (nSPS) is 10.9. The zero-order valence-electron chi connectivity index (χ0n) is 19.5. The second-order valence-electron chi connectivity index (χ2n) is 8.19. The van der Waals surface area contributed by atoms with E-state index in [0.717, 1.165) is 40.2 Å². The van der Waals surface area contributed by atoms with Gasteiger partial charge < -0.3 is 9.47 Å². The Morgan fingerprint density at radius 1 is 0.794 bits per heavy atom. The molecule has 0 aromatic heterocycles. The fraction of sp³-hybridized carbons (Fsp3) is 0.129. The Hall–Kier alpha value is -4.11. The van der Waals surface area contributed by atoms with Crippen molar-refractivity contribution >= 4 is 11.9 Å². The number of allylic oxidation sites excluding steroid dienone is 1. The molecule has 170 valence electrons. The molecule has 0 amide bonds.